The number of aromatic nitrogens is 2. The van der Waals surface area contributed by atoms with Crippen molar-refractivity contribution in [3.05, 3.63) is 119 Å². The van der Waals surface area contributed by atoms with Gasteiger partial charge in [-0.25, -0.2) is 0 Å². The molecule has 0 fully saturated rings. The molecule has 0 aliphatic carbocycles. The first-order valence-corrected chi connectivity index (χ1v) is 14.1. The lowest BCUT2D eigenvalue weighted by Gasteiger charge is -2.19. The number of Topliss-reactive ketones (excluding diaryl/α,β-unsaturated/α-hetero) is 1. The molecule has 6 nitrogen and oxygen atoms in total. The highest BCUT2D eigenvalue weighted by atomic mass is 35.5. The molecule has 0 radical (unpaired) electrons. The maximum Gasteiger partial charge on any atom is 0.307 e. The van der Waals surface area contributed by atoms with Gasteiger partial charge in [0.15, 0.2) is 5.78 Å². The molecule has 212 valence electrons. The zero-order valence-corrected chi connectivity index (χ0v) is 24.4. The summed E-state index contributed by atoms with van der Waals surface area (Å²) in [4.78, 5) is 29.4. The Kier molecular flexibility index (Phi) is 8.36. The number of carboxylic acid groups (broad SMARTS) is 1. The molecule has 0 unspecified atom stereocenters. The summed E-state index contributed by atoms with van der Waals surface area (Å²) in [5.41, 5.74) is 6.00. The highest BCUT2D eigenvalue weighted by Crippen LogP contribution is 2.28. The van der Waals surface area contributed by atoms with Gasteiger partial charge >= 0.3 is 5.97 Å². The molecule has 5 aromatic rings. The van der Waals surface area contributed by atoms with Crippen molar-refractivity contribution in [2.75, 3.05) is 0 Å². The number of carboxylic acids is 1. The summed E-state index contributed by atoms with van der Waals surface area (Å²) in [7, 11) is 0. The van der Waals surface area contributed by atoms with E-state index in [9.17, 15) is 14.7 Å². The molecule has 0 bridgehead atoms. The topological polar surface area (TPSA) is 93.3 Å². The van der Waals surface area contributed by atoms with Gasteiger partial charge in [0.1, 0.15) is 0 Å². The molecule has 0 aliphatic rings. The molecule has 5 rings (SSSR count). The van der Waals surface area contributed by atoms with E-state index in [1.165, 1.54) is 0 Å². The largest absolute Gasteiger partial charge is 0.481 e. The Hall–Kier alpha value is -4.55. The Morgan fingerprint density at radius 2 is 1.48 bits per heavy atom. The fourth-order valence-corrected chi connectivity index (χ4v) is 4.94. The molecule has 7 heteroatoms. The van der Waals surface area contributed by atoms with Gasteiger partial charge in [-0.1, -0.05) is 110 Å². The van der Waals surface area contributed by atoms with Crippen LogP contribution in [0.1, 0.15) is 48.7 Å². The Bertz CT molecular complexity index is 1700. The second-order valence-electron chi connectivity index (χ2n) is 11.4. The van der Waals surface area contributed by atoms with Crippen molar-refractivity contribution in [1.29, 1.82) is 0 Å². The van der Waals surface area contributed by atoms with Crippen molar-refractivity contribution in [3.63, 3.8) is 0 Å². The lowest BCUT2D eigenvalue weighted by molar-refractivity contribution is -0.141. The molecule has 4 aromatic carbocycles. The molecule has 0 saturated carbocycles. The third-order valence-electron chi connectivity index (χ3n) is 7.26. The number of carbonyl (C=O) groups excluding carboxylic acids is 1. The number of aliphatic carboxylic acids is 1. The second kappa shape index (κ2) is 12.1. The van der Waals surface area contributed by atoms with Gasteiger partial charge in [-0.15, -0.1) is 0 Å². The smallest absolute Gasteiger partial charge is 0.307 e. The van der Waals surface area contributed by atoms with Crippen molar-refractivity contribution in [2.45, 2.75) is 39.0 Å². The monoisotopic (exact) mass is 578 g/mol. The minimum atomic E-state index is -0.997. The van der Waals surface area contributed by atoms with Crippen LogP contribution in [0.25, 0.3) is 34.0 Å². The number of benzene rings is 4. The summed E-state index contributed by atoms with van der Waals surface area (Å²) >= 11 is 6.12. The molecule has 1 N–H and O–H groups in total. The van der Waals surface area contributed by atoms with Crippen LogP contribution in [0.15, 0.2) is 102 Å². The first-order chi connectivity index (χ1) is 20.1. The predicted molar refractivity (Wildman–Crippen MR) is 165 cm³/mol. The Balaban J connectivity index is 1.24. The minimum absolute atomic E-state index is 0.0236. The van der Waals surface area contributed by atoms with E-state index >= 15 is 0 Å². The summed E-state index contributed by atoms with van der Waals surface area (Å²) < 4.78 is 5.51. The van der Waals surface area contributed by atoms with E-state index < -0.39 is 11.9 Å². The van der Waals surface area contributed by atoms with Gasteiger partial charge in [-0.3, -0.25) is 9.59 Å². The van der Waals surface area contributed by atoms with Crippen molar-refractivity contribution >= 4 is 23.4 Å². The molecule has 0 spiro atoms. The average Bonchev–Trinajstić information content (AvgIpc) is 3.47. The Morgan fingerprint density at radius 1 is 0.833 bits per heavy atom. The van der Waals surface area contributed by atoms with Crippen LogP contribution >= 0.6 is 11.6 Å². The predicted octanol–water partition coefficient (Wildman–Crippen LogP) is 8.54. The first kappa shape index (κ1) is 29.0. The summed E-state index contributed by atoms with van der Waals surface area (Å²) in [6.45, 7) is 6.32. The molecular formula is C35H31ClN2O4. The normalized spacial score (nSPS) is 12.2. The van der Waals surface area contributed by atoms with Gasteiger partial charge in [-0.05, 0) is 58.4 Å². The van der Waals surface area contributed by atoms with Crippen LogP contribution in [-0.4, -0.2) is 27.0 Å². The van der Waals surface area contributed by atoms with Crippen LogP contribution in [0.5, 0.6) is 0 Å². The number of rotatable bonds is 9. The number of halogens is 1. The van der Waals surface area contributed by atoms with Crippen LogP contribution in [-0.2, 0) is 16.6 Å². The lowest BCUT2D eigenvalue weighted by atomic mass is 9.86. The van der Waals surface area contributed by atoms with E-state index in [0.29, 0.717) is 22.3 Å². The van der Waals surface area contributed by atoms with E-state index in [1.54, 1.807) is 12.1 Å². The summed E-state index contributed by atoms with van der Waals surface area (Å²) in [6, 6.07) is 30.2. The van der Waals surface area contributed by atoms with Gasteiger partial charge in [-0.2, -0.15) is 4.98 Å². The number of hydrogen-bond donors (Lipinski definition) is 1. The second-order valence-corrected chi connectivity index (χ2v) is 11.8. The molecular weight excluding hydrogens is 548 g/mol. The van der Waals surface area contributed by atoms with Crippen molar-refractivity contribution < 1.29 is 19.2 Å². The van der Waals surface area contributed by atoms with Crippen molar-refractivity contribution in [1.82, 2.24) is 10.1 Å². The summed E-state index contributed by atoms with van der Waals surface area (Å²) in [5.74, 6) is -1.19. The van der Waals surface area contributed by atoms with Crippen molar-refractivity contribution in [3.8, 4) is 34.0 Å². The SMILES string of the molecule is CC(C)(C)c1ccc(C(=O)C[C@@H](Cc2ccc(-c3noc(-c4ccc(-c5cccc(Cl)c5)cc4)n3)cc2)C(=O)O)cc1. The molecule has 1 atom stereocenters. The summed E-state index contributed by atoms with van der Waals surface area (Å²) in [5, 5.41) is 14.6. The highest BCUT2D eigenvalue weighted by Gasteiger charge is 2.23. The standard InChI is InChI=1S/C35H31ClN2O4/c1-35(2,3)29-17-15-24(16-18-29)31(39)21-28(34(40)41)19-22-7-9-25(10-8-22)32-37-33(42-38-32)26-13-11-23(12-14-26)27-5-4-6-30(36)20-27/h4-18,20,28H,19,21H2,1-3H3,(H,40,41)/t28-/m1/s1. The van der Waals surface area contributed by atoms with Gasteiger partial charge in [0, 0.05) is 28.1 Å². The lowest BCUT2D eigenvalue weighted by Crippen LogP contribution is -2.20. The number of carbonyl (C=O) groups is 2. The van der Waals surface area contributed by atoms with Crippen molar-refractivity contribution in [2.24, 2.45) is 5.92 Å². The maximum atomic E-state index is 12.9. The maximum absolute atomic E-state index is 12.9. The quantitative estimate of drug-likeness (QED) is 0.176. The Labute approximate surface area is 250 Å². The minimum Gasteiger partial charge on any atom is -0.481 e. The van der Waals surface area contributed by atoms with Gasteiger partial charge in [0.25, 0.3) is 5.89 Å². The Morgan fingerprint density at radius 3 is 2.10 bits per heavy atom. The van der Waals surface area contributed by atoms with E-state index in [4.69, 9.17) is 16.1 Å². The van der Waals surface area contributed by atoms with E-state index in [2.05, 4.69) is 30.9 Å². The molecule has 1 heterocycles. The zero-order chi connectivity index (χ0) is 29.9. The molecule has 0 amide bonds. The van der Waals surface area contributed by atoms with E-state index in [-0.39, 0.29) is 24.0 Å². The molecule has 0 saturated heterocycles. The zero-order valence-electron chi connectivity index (χ0n) is 23.7. The average molecular weight is 579 g/mol. The fraction of sp³-hybridized carbons (Fsp3) is 0.200. The van der Waals surface area contributed by atoms with Crippen LogP contribution in [0, 0.1) is 5.92 Å². The van der Waals surface area contributed by atoms with E-state index in [0.717, 1.165) is 33.4 Å². The van der Waals surface area contributed by atoms with Crippen LogP contribution in [0.2, 0.25) is 5.02 Å². The van der Waals surface area contributed by atoms with Gasteiger partial charge in [0.05, 0.1) is 5.92 Å². The van der Waals surface area contributed by atoms with E-state index in [1.807, 2.05) is 84.9 Å². The van der Waals surface area contributed by atoms with Gasteiger partial charge in [0.2, 0.25) is 5.82 Å². The van der Waals surface area contributed by atoms with Crippen LogP contribution in [0.4, 0.5) is 0 Å². The molecule has 42 heavy (non-hydrogen) atoms. The fourth-order valence-electron chi connectivity index (χ4n) is 4.75. The number of hydrogen-bond acceptors (Lipinski definition) is 5. The molecule has 0 aliphatic heterocycles. The number of nitrogens with zero attached hydrogens (tertiary/aromatic N) is 2. The third kappa shape index (κ3) is 6.84. The highest BCUT2D eigenvalue weighted by molar-refractivity contribution is 6.30. The third-order valence-corrected chi connectivity index (χ3v) is 7.50. The van der Waals surface area contributed by atoms with Gasteiger partial charge < -0.3 is 9.63 Å². The van der Waals surface area contributed by atoms with Crippen LogP contribution < -0.4 is 0 Å². The molecule has 1 aromatic heterocycles. The van der Waals surface area contributed by atoms with Crippen LogP contribution in [0.3, 0.4) is 0 Å². The first-order valence-electron chi connectivity index (χ1n) is 13.7. The summed E-state index contributed by atoms with van der Waals surface area (Å²) in [6.07, 6.45) is 0.161. The number of ketones is 1.